The fourth-order valence-electron chi connectivity index (χ4n) is 2.06. The first-order chi connectivity index (χ1) is 11.6. The minimum atomic E-state index is -4.43. The van der Waals surface area contributed by atoms with E-state index < -0.39 is 11.7 Å². The van der Waals surface area contributed by atoms with Crippen molar-refractivity contribution < 1.29 is 18.0 Å². The molecule has 2 N–H and O–H groups in total. The number of nitrogens with one attached hydrogen (secondary N) is 2. The lowest BCUT2D eigenvalue weighted by molar-refractivity contribution is -0.137. The van der Waals surface area contributed by atoms with Crippen molar-refractivity contribution in [2.75, 3.05) is 11.9 Å². The minimum Gasteiger partial charge on any atom is -0.350 e. The first-order valence-electron chi connectivity index (χ1n) is 7.73. The number of aromatic nitrogens is 2. The number of benzene rings is 1. The molecule has 2 rings (SSSR count). The maximum atomic E-state index is 12.8. The van der Waals surface area contributed by atoms with E-state index in [1.54, 1.807) is 6.92 Å². The quantitative estimate of drug-likeness (QED) is 0.856. The van der Waals surface area contributed by atoms with Crippen molar-refractivity contribution in [1.82, 2.24) is 15.3 Å². The Balaban J connectivity index is 2.22. The molecule has 0 atom stereocenters. The summed E-state index contributed by atoms with van der Waals surface area (Å²) in [6.07, 6.45) is -4.43. The highest BCUT2D eigenvalue weighted by Gasteiger charge is 2.30. The number of carbonyl (C=O) groups excluding carboxylic acids is 1. The molecular weight excluding hydrogens is 333 g/mol. The molecule has 0 aliphatic carbocycles. The van der Waals surface area contributed by atoms with Gasteiger partial charge in [-0.1, -0.05) is 19.9 Å². The molecular formula is C17H19F3N4O. The van der Waals surface area contributed by atoms with Crippen molar-refractivity contribution in [3.05, 3.63) is 47.4 Å². The van der Waals surface area contributed by atoms with Gasteiger partial charge in [-0.2, -0.15) is 13.2 Å². The van der Waals surface area contributed by atoms with E-state index in [2.05, 4.69) is 20.6 Å². The molecule has 1 heterocycles. The number of aryl methyl sites for hydroxylation is 1. The van der Waals surface area contributed by atoms with E-state index in [4.69, 9.17) is 0 Å². The van der Waals surface area contributed by atoms with Crippen molar-refractivity contribution in [2.45, 2.75) is 26.9 Å². The Morgan fingerprint density at radius 3 is 2.56 bits per heavy atom. The zero-order valence-corrected chi connectivity index (χ0v) is 14.1. The fourth-order valence-corrected chi connectivity index (χ4v) is 2.06. The molecule has 25 heavy (non-hydrogen) atoms. The Labute approximate surface area is 143 Å². The van der Waals surface area contributed by atoms with Crippen LogP contribution < -0.4 is 10.6 Å². The molecule has 0 bridgehead atoms. The average molecular weight is 352 g/mol. The Morgan fingerprint density at radius 2 is 1.92 bits per heavy atom. The standard InChI is InChI=1S/C17H19F3N4O/c1-10(2)9-21-16(25)14-8-15(23-11(3)22-14)24-13-6-4-5-12(7-13)17(18,19)20/h4-8,10H,9H2,1-3H3,(H,21,25)(H,22,23,24). The number of rotatable bonds is 5. The normalized spacial score (nSPS) is 11.5. The van der Waals surface area contributed by atoms with Crippen LogP contribution in [-0.4, -0.2) is 22.4 Å². The fraction of sp³-hybridized carbons (Fsp3) is 0.353. The van der Waals surface area contributed by atoms with Crippen molar-refractivity contribution in [2.24, 2.45) is 5.92 Å². The molecule has 8 heteroatoms. The smallest absolute Gasteiger partial charge is 0.350 e. The van der Waals surface area contributed by atoms with Crippen molar-refractivity contribution in [3.63, 3.8) is 0 Å². The molecule has 0 saturated carbocycles. The summed E-state index contributed by atoms with van der Waals surface area (Å²) >= 11 is 0. The molecule has 0 radical (unpaired) electrons. The monoisotopic (exact) mass is 352 g/mol. The van der Waals surface area contributed by atoms with Crippen molar-refractivity contribution in [3.8, 4) is 0 Å². The maximum absolute atomic E-state index is 12.8. The predicted octanol–water partition coefficient (Wildman–Crippen LogP) is 3.93. The van der Waals surface area contributed by atoms with Crippen LogP contribution in [0.4, 0.5) is 24.7 Å². The van der Waals surface area contributed by atoms with E-state index in [9.17, 15) is 18.0 Å². The second-order valence-corrected chi connectivity index (χ2v) is 5.99. The summed E-state index contributed by atoms with van der Waals surface area (Å²) in [6, 6.07) is 6.17. The van der Waals surface area contributed by atoms with Crippen LogP contribution in [0, 0.1) is 12.8 Å². The highest BCUT2D eigenvalue weighted by molar-refractivity contribution is 5.93. The number of hydrogen-bond donors (Lipinski definition) is 2. The molecule has 134 valence electrons. The lowest BCUT2D eigenvalue weighted by atomic mass is 10.2. The van der Waals surface area contributed by atoms with Crippen LogP contribution in [0.3, 0.4) is 0 Å². The third kappa shape index (κ3) is 5.44. The molecule has 0 aliphatic rings. The van der Waals surface area contributed by atoms with Gasteiger partial charge in [0.25, 0.3) is 5.91 Å². The number of nitrogens with zero attached hydrogens (tertiary/aromatic N) is 2. The lowest BCUT2D eigenvalue weighted by Gasteiger charge is -2.12. The minimum absolute atomic E-state index is 0.155. The molecule has 1 aromatic carbocycles. The van der Waals surface area contributed by atoms with Gasteiger partial charge in [0.05, 0.1) is 5.56 Å². The number of hydrogen-bond acceptors (Lipinski definition) is 4. The Bertz CT molecular complexity index is 760. The Morgan fingerprint density at radius 1 is 1.20 bits per heavy atom. The van der Waals surface area contributed by atoms with E-state index in [-0.39, 0.29) is 29.0 Å². The lowest BCUT2D eigenvalue weighted by Crippen LogP contribution is -2.28. The maximum Gasteiger partial charge on any atom is 0.416 e. The largest absolute Gasteiger partial charge is 0.416 e. The molecule has 1 aromatic heterocycles. The summed E-state index contributed by atoms with van der Waals surface area (Å²) in [5, 5.41) is 5.53. The molecule has 0 fully saturated rings. The van der Waals surface area contributed by atoms with Gasteiger partial charge in [-0.15, -0.1) is 0 Å². The summed E-state index contributed by atoms with van der Waals surface area (Å²) < 4.78 is 38.4. The van der Waals surface area contributed by atoms with Crippen LogP contribution in [0.1, 0.15) is 35.7 Å². The van der Waals surface area contributed by atoms with E-state index in [1.165, 1.54) is 18.2 Å². The Hall–Kier alpha value is -2.64. The van der Waals surface area contributed by atoms with E-state index in [0.29, 0.717) is 12.4 Å². The summed E-state index contributed by atoms with van der Waals surface area (Å²) in [6.45, 7) is 6.03. The summed E-state index contributed by atoms with van der Waals surface area (Å²) in [5.74, 6) is 0.522. The SMILES string of the molecule is Cc1nc(Nc2cccc(C(F)(F)F)c2)cc(C(=O)NCC(C)C)n1. The highest BCUT2D eigenvalue weighted by Crippen LogP contribution is 2.31. The van der Waals surface area contributed by atoms with Gasteiger partial charge >= 0.3 is 6.18 Å². The Kier molecular flexibility index (Phi) is 5.61. The molecule has 0 spiro atoms. The van der Waals surface area contributed by atoms with Crippen LogP contribution in [0.5, 0.6) is 0 Å². The zero-order chi connectivity index (χ0) is 18.6. The van der Waals surface area contributed by atoms with Gasteiger partial charge in [0.1, 0.15) is 17.3 Å². The van der Waals surface area contributed by atoms with Gasteiger partial charge in [-0.3, -0.25) is 4.79 Å². The van der Waals surface area contributed by atoms with Crippen molar-refractivity contribution >= 4 is 17.4 Å². The number of carbonyl (C=O) groups is 1. The summed E-state index contributed by atoms with van der Waals surface area (Å²) in [4.78, 5) is 20.3. The molecule has 0 saturated heterocycles. The van der Waals surface area contributed by atoms with E-state index in [1.807, 2.05) is 13.8 Å². The van der Waals surface area contributed by atoms with Gasteiger partial charge in [-0.25, -0.2) is 9.97 Å². The van der Waals surface area contributed by atoms with Crippen LogP contribution in [-0.2, 0) is 6.18 Å². The predicted molar refractivity (Wildman–Crippen MR) is 88.7 cm³/mol. The van der Waals surface area contributed by atoms with Crippen molar-refractivity contribution in [1.29, 1.82) is 0 Å². The van der Waals surface area contributed by atoms with Crippen LogP contribution >= 0.6 is 0 Å². The molecule has 1 amide bonds. The van der Waals surface area contributed by atoms with Crippen LogP contribution in [0.2, 0.25) is 0 Å². The van der Waals surface area contributed by atoms with Gasteiger partial charge in [0, 0.05) is 18.3 Å². The highest BCUT2D eigenvalue weighted by atomic mass is 19.4. The van der Waals surface area contributed by atoms with E-state index >= 15 is 0 Å². The number of halogens is 3. The number of anilines is 2. The second-order valence-electron chi connectivity index (χ2n) is 5.99. The third-order valence-corrected chi connectivity index (χ3v) is 3.20. The third-order valence-electron chi connectivity index (χ3n) is 3.20. The first-order valence-corrected chi connectivity index (χ1v) is 7.73. The van der Waals surface area contributed by atoms with Gasteiger partial charge < -0.3 is 10.6 Å². The van der Waals surface area contributed by atoms with Gasteiger partial charge in [0.15, 0.2) is 0 Å². The second kappa shape index (κ2) is 7.50. The average Bonchev–Trinajstić information content (AvgIpc) is 2.51. The topological polar surface area (TPSA) is 66.9 Å². The number of amides is 1. The molecule has 5 nitrogen and oxygen atoms in total. The zero-order valence-electron chi connectivity index (χ0n) is 14.1. The summed E-state index contributed by atoms with van der Waals surface area (Å²) in [7, 11) is 0. The summed E-state index contributed by atoms with van der Waals surface area (Å²) in [5.41, 5.74) is -0.387. The molecule has 0 aliphatic heterocycles. The molecule has 2 aromatic rings. The van der Waals surface area contributed by atoms with E-state index in [0.717, 1.165) is 12.1 Å². The van der Waals surface area contributed by atoms with Gasteiger partial charge in [-0.05, 0) is 31.0 Å². The van der Waals surface area contributed by atoms with Crippen LogP contribution in [0.15, 0.2) is 30.3 Å². The first kappa shape index (κ1) is 18.7. The molecule has 0 unspecified atom stereocenters. The van der Waals surface area contributed by atoms with Gasteiger partial charge in [0.2, 0.25) is 0 Å². The number of alkyl halides is 3. The van der Waals surface area contributed by atoms with Crippen LogP contribution in [0.25, 0.3) is 0 Å².